The summed E-state index contributed by atoms with van der Waals surface area (Å²) in [5, 5.41) is 23.7. The van der Waals surface area contributed by atoms with E-state index in [0.717, 1.165) is 17.2 Å². The van der Waals surface area contributed by atoms with E-state index in [1.165, 1.54) is 24.3 Å². The number of nitrogens with zero attached hydrogens (tertiary/aromatic N) is 3. The van der Waals surface area contributed by atoms with Crippen molar-refractivity contribution in [3.63, 3.8) is 0 Å². The van der Waals surface area contributed by atoms with Gasteiger partial charge in [-0.3, -0.25) is 35.2 Å². The number of hydrogen-bond acceptors (Lipinski definition) is 7. The highest BCUT2D eigenvalue weighted by Crippen LogP contribution is 2.37. The molecule has 0 aliphatic carbocycles. The summed E-state index contributed by atoms with van der Waals surface area (Å²) in [6.07, 6.45) is 1.16. The Morgan fingerprint density at radius 3 is 2.40 bits per heavy atom. The van der Waals surface area contributed by atoms with Crippen LogP contribution in [0.4, 0.5) is 17.1 Å². The van der Waals surface area contributed by atoms with Crippen LogP contribution in [0.15, 0.2) is 72.3 Å². The predicted octanol–water partition coefficient (Wildman–Crippen LogP) is 4.20. The first-order chi connectivity index (χ1) is 16.7. The summed E-state index contributed by atoms with van der Waals surface area (Å²) < 4.78 is 5.67. The van der Waals surface area contributed by atoms with Crippen molar-refractivity contribution in [2.24, 2.45) is 0 Å². The Morgan fingerprint density at radius 2 is 1.71 bits per heavy atom. The molecule has 0 saturated carbocycles. The molecule has 35 heavy (non-hydrogen) atoms. The largest absolute Gasteiger partial charge is 0.482 e. The van der Waals surface area contributed by atoms with E-state index < -0.39 is 27.3 Å². The third-order valence-corrected chi connectivity index (χ3v) is 5.19. The number of carbonyl (C=O) groups is 2. The molecule has 3 aromatic carbocycles. The highest BCUT2D eigenvalue weighted by Gasteiger charge is 2.35. The lowest BCUT2D eigenvalue weighted by molar-refractivity contribution is -0.386. The lowest BCUT2D eigenvalue weighted by Crippen LogP contribution is -2.35. The van der Waals surface area contributed by atoms with Crippen molar-refractivity contribution >= 4 is 46.6 Å². The molecule has 12 heteroatoms. The first-order valence-corrected chi connectivity index (χ1v) is 10.4. The number of nitro benzene ring substituents is 2. The lowest BCUT2D eigenvalue weighted by Gasteiger charge is -2.14. The number of hydrazine groups is 1. The number of hydrogen-bond donors (Lipinski definition) is 1. The second-order valence-electron chi connectivity index (χ2n) is 7.29. The average Bonchev–Trinajstić information content (AvgIpc) is 3.12. The van der Waals surface area contributed by atoms with Gasteiger partial charge in [0.1, 0.15) is 12.2 Å². The minimum Gasteiger partial charge on any atom is -0.482 e. The fraction of sp³-hybridized carbons (Fsp3) is 0.0435. The third kappa shape index (κ3) is 4.94. The Labute approximate surface area is 202 Å². The molecule has 0 aromatic heterocycles. The van der Waals surface area contributed by atoms with Gasteiger partial charge in [-0.05, 0) is 29.8 Å². The van der Waals surface area contributed by atoms with E-state index in [-0.39, 0.29) is 34.2 Å². The number of amides is 2. The number of anilines is 1. The van der Waals surface area contributed by atoms with Crippen LogP contribution in [0.25, 0.3) is 6.08 Å². The number of rotatable bonds is 7. The van der Waals surface area contributed by atoms with Gasteiger partial charge in [0.15, 0.2) is 0 Å². The third-order valence-electron chi connectivity index (χ3n) is 4.97. The number of ether oxygens (including phenoxy) is 1. The molecule has 0 radical (unpaired) electrons. The molecule has 0 bridgehead atoms. The molecule has 1 N–H and O–H groups in total. The average molecular weight is 495 g/mol. The fourth-order valence-corrected chi connectivity index (χ4v) is 3.61. The van der Waals surface area contributed by atoms with Gasteiger partial charge in [-0.15, -0.1) is 0 Å². The molecule has 0 unspecified atom stereocenters. The molecule has 0 atom stereocenters. The molecule has 0 spiro atoms. The van der Waals surface area contributed by atoms with E-state index in [4.69, 9.17) is 16.3 Å². The fourth-order valence-electron chi connectivity index (χ4n) is 3.39. The molecule has 1 aliphatic heterocycles. The van der Waals surface area contributed by atoms with Crippen molar-refractivity contribution in [3.8, 4) is 5.75 Å². The maximum atomic E-state index is 12.9. The van der Waals surface area contributed by atoms with Gasteiger partial charge in [-0.25, -0.2) is 5.01 Å². The smallest absolute Gasteiger partial charge is 0.313 e. The number of halogens is 1. The minimum absolute atomic E-state index is 0.0166. The van der Waals surface area contributed by atoms with E-state index >= 15 is 0 Å². The van der Waals surface area contributed by atoms with Crippen LogP contribution in [0.1, 0.15) is 11.1 Å². The van der Waals surface area contributed by atoms with Crippen molar-refractivity contribution in [1.82, 2.24) is 5.43 Å². The van der Waals surface area contributed by atoms with E-state index in [0.29, 0.717) is 11.3 Å². The highest BCUT2D eigenvalue weighted by molar-refractivity contribution is 6.32. The van der Waals surface area contributed by atoms with Crippen molar-refractivity contribution in [1.29, 1.82) is 0 Å². The van der Waals surface area contributed by atoms with Gasteiger partial charge in [0.2, 0.25) is 5.75 Å². The quantitative estimate of drug-likeness (QED) is 0.224. The summed E-state index contributed by atoms with van der Waals surface area (Å²) in [5.41, 5.74) is 2.31. The van der Waals surface area contributed by atoms with Crippen molar-refractivity contribution in [3.05, 3.63) is 109 Å². The van der Waals surface area contributed by atoms with Gasteiger partial charge in [0.05, 0.1) is 15.5 Å². The van der Waals surface area contributed by atoms with Gasteiger partial charge in [-0.2, -0.15) is 0 Å². The van der Waals surface area contributed by atoms with Gasteiger partial charge in [0.25, 0.3) is 17.5 Å². The second-order valence-corrected chi connectivity index (χ2v) is 7.73. The molecule has 3 aromatic rings. The molecule has 1 heterocycles. The second kappa shape index (κ2) is 9.61. The maximum Gasteiger partial charge on any atom is 0.313 e. The number of carbonyl (C=O) groups excluding carboxylic acids is 2. The zero-order chi connectivity index (χ0) is 25.1. The molecule has 1 saturated heterocycles. The summed E-state index contributed by atoms with van der Waals surface area (Å²) in [4.78, 5) is 46.9. The van der Waals surface area contributed by atoms with Crippen molar-refractivity contribution < 1.29 is 24.2 Å². The summed E-state index contributed by atoms with van der Waals surface area (Å²) in [7, 11) is 0. The number of nitrogens with one attached hydrogen (secondary N) is 1. The van der Waals surface area contributed by atoms with Gasteiger partial charge in [0, 0.05) is 28.8 Å². The summed E-state index contributed by atoms with van der Waals surface area (Å²) in [5.74, 6) is -1.64. The Morgan fingerprint density at radius 1 is 0.971 bits per heavy atom. The molecule has 176 valence electrons. The number of benzene rings is 3. The zero-order valence-electron chi connectivity index (χ0n) is 17.7. The standard InChI is InChI=1S/C23H15ClN4O7/c24-16-10-15(11-19-22(29)25-26(23(19)30)17-6-2-1-3-7-17)21(20(12-16)28(33)34)35-13-14-5-4-8-18(9-14)27(31)32/h1-12H,13H2,(H,25,29)/b19-11-. The summed E-state index contributed by atoms with van der Waals surface area (Å²) in [6, 6.07) is 16.3. The Hall–Kier alpha value is -4.77. The lowest BCUT2D eigenvalue weighted by atomic mass is 10.1. The molecule has 11 nitrogen and oxygen atoms in total. The maximum absolute atomic E-state index is 12.9. The van der Waals surface area contributed by atoms with Crippen LogP contribution < -0.4 is 15.2 Å². The number of non-ortho nitro benzene ring substituents is 1. The molecular weight excluding hydrogens is 480 g/mol. The first kappa shape index (κ1) is 23.4. The van der Waals surface area contributed by atoms with Crippen molar-refractivity contribution in [2.75, 3.05) is 5.01 Å². The molecule has 1 fully saturated rings. The number of para-hydroxylation sites is 1. The predicted molar refractivity (Wildman–Crippen MR) is 126 cm³/mol. The Kier molecular flexibility index (Phi) is 6.42. The van der Waals surface area contributed by atoms with Gasteiger partial charge >= 0.3 is 5.69 Å². The van der Waals surface area contributed by atoms with E-state index in [2.05, 4.69) is 5.43 Å². The summed E-state index contributed by atoms with van der Waals surface area (Å²) >= 11 is 6.06. The van der Waals surface area contributed by atoms with Gasteiger partial charge < -0.3 is 4.74 Å². The normalized spacial score (nSPS) is 14.2. The van der Waals surface area contributed by atoms with Gasteiger partial charge in [-0.1, -0.05) is 41.9 Å². The first-order valence-electron chi connectivity index (χ1n) is 10.0. The van der Waals surface area contributed by atoms with E-state index in [1.54, 1.807) is 36.4 Å². The minimum atomic E-state index is -0.719. The topological polar surface area (TPSA) is 145 Å². The van der Waals surface area contributed by atoms with Crippen LogP contribution in [-0.2, 0) is 16.2 Å². The van der Waals surface area contributed by atoms with Crippen LogP contribution in [0.2, 0.25) is 5.02 Å². The Bertz CT molecular complexity index is 1390. The van der Waals surface area contributed by atoms with Crippen LogP contribution >= 0.6 is 11.6 Å². The van der Waals surface area contributed by atoms with E-state index in [9.17, 15) is 29.8 Å². The number of nitro groups is 2. The molecular formula is C23H15ClN4O7. The van der Waals surface area contributed by atoms with Crippen LogP contribution in [0.5, 0.6) is 5.75 Å². The summed E-state index contributed by atoms with van der Waals surface area (Å²) in [6.45, 7) is -0.253. The van der Waals surface area contributed by atoms with Crippen LogP contribution in [0.3, 0.4) is 0 Å². The molecule has 4 rings (SSSR count). The molecule has 1 aliphatic rings. The zero-order valence-corrected chi connectivity index (χ0v) is 18.5. The van der Waals surface area contributed by atoms with Crippen LogP contribution in [-0.4, -0.2) is 21.7 Å². The van der Waals surface area contributed by atoms with E-state index in [1.807, 2.05) is 0 Å². The van der Waals surface area contributed by atoms with Crippen molar-refractivity contribution in [2.45, 2.75) is 6.61 Å². The monoisotopic (exact) mass is 494 g/mol. The SMILES string of the molecule is O=C1NN(c2ccccc2)C(=O)/C1=C\c1cc(Cl)cc([N+](=O)[O-])c1OCc1cccc([N+](=O)[O-])c1. The highest BCUT2D eigenvalue weighted by atomic mass is 35.5. The van der Waals surface area contributed by atoms with Crippen LogP contribution in [0, 0.1) is 20.2 Å². The Balaban J connectivity index is 1.72. The molecule has 2 amide bonds.